The molecule has 4 bridgehead atoms. The van der Waals surface area contributed by atoms with E-state index in [-0.39, 0.29) is 64.3 Å². The van der Waals surface area contributed by atoms with E-state index < -0.39 is 41.5 Å². The van der Waals surface area contributed by atoms with Crippen molar-refractivity contribution in [1.82, 2.24) is 4.90 Å². The van der Waals surface area contributed by atoms with Gasteiger partial charge in [0.2, 0.25) is 5.83 Å². The number of epoxide rings is 5. The van der Waals surface area contributed by atoms with Gasteiger partial charge in [-0.3, -0.25) is 24.1 Å². The maximum atomic E-state index is 11.5. The van der Waals surface area contributed by atoms with Crippen LogP contribution in [0.1, 0.15) is 134 Å². The number of carbonyl (C=O) groups is 10. The van der Waals surface area contributed by atoms with Crippen LogP contribution in [0, 0.1) is 64.1 Å². The van der Waals surface area contributed by atoms with Crippen molar-refractivity contribution in [3.8, 4) is 12.3 Å². The third-order valence-corrected chi connectivity index (χ3v) is 21.1. The lowest BCUT2D eigenvalue weighted by Gasteiger charge is -2.39. The average molecular weight is 2000 g/mol. The Bertz CT molecular complexity index is 3730. The number of nitrogens with zero attached hydrogens (tertiary/aromatic N) is 1. The first-order chi connectivity index (χ1) is 65.2. The van der Waals surface area contributed by atoms with Crippen molar-refractivity contribution in [2.24, 2.45) is 51.8 Å². The molecule has 2 amide bonds. The summed E-state index contributed by atoms with van der Waals surface area (Å²) in [6.45, 7) is 55.0. The number of methoxy groups -OCH3 is 15. The van der Waals surface area contributed by atoms with Gasteiger partial charge in [-0.25, -0.2) is 28.8 Å². The van der Waals surface area contributed by atoms with E-state index in [4.69, 9.17) is 71.1 Å². The molecule has 14 rings (SSSR count). The second kappa shape index (κ2) is 77.1. The number of terminal acetylenes is 1. The van der Waals surface area contributed by atoms with E-state index in [0.29, 0.717) is 89.2 Å². The van der Waals surface area contributed by atoms with Crippen molar-refractivity contribution in [1.29, 1.82) is 0 Å². The highest BCUT2D eigenvalue weighted by Crippen LogP contribution is 2.52. The second-order valence-electron chi connectivity index (χ2n) is 33.9. The molecular weight excluding hydrogens is 1830 g/mol. The zero-order valence-corrected chi connectivity index (χ0v) is 87.3. The number of likely N-dealkylation sites (N-methyl/N-ethyl adjacent to an activating group) is 1. The summed E-state index contributed by atoms with van der Waals surface area (Å²) in [6, 6.07) is 0. The van der Waals surface area contributed by atoms with Gasteiger partial charge < -0.3 is 109 Å². The van der Waals surface area contributed by atoms with Gasteiger partial charge in [-0.2, -0.15) is 17.6 Å². The Balaban J connectivity index is -0.000000458. The summed E-state index contributed by atoms with van der Waals surface area (Å²) < 4.78 is 154. The standard InChI is InChI=1S/C10H14O2.C9H12O2.C8H14O2.C7H14O2.C6H12O2.C6H8O2.C5H5F3O2.C5H5NO2.C5H10O2.C5H8O2.C5H10O.C4H5FO2.C4H8O2.C4H6O2.C4H4O2.2C4H8O.2C3H6O/c1-10(9(11)12-2)6-7-3-4-8(10)5-7;1-11-9(10)8-5-6-2-3-7(8)4-6;1-9-5-6-2-3-7-8(4-6)10-7;1-3-7(4-8-2)5-9-6-7;1-6(3-7-2)4-8-5-6;1-4-3-5(2)8-6(4)7;1-3(4(9)10-2)5(6,7)8;1-6-4(7)2-3-5(6)8;1-5(3-6-2)4-7-5;1-4(2)5(6)7-3;1-4-5(2,3)6-4;1-3(5)4(6)7-2;1-5-2-4-3-6-4;2*1-3-4(5)6-2;2*1-3-4-5-2;1-3-2-4-3;1-3-4-2/h3-4,7-8H,5-6H2,1-2H3;2-3,6-8H,4-5H2,1H3;6-8H,2-5H2,1H3;3-6H2,1-2H3;3-5H2,1-2H3;5H,1,3H2,2H3;1H2,2H3;2-3H,1H3;3-4H2,1-2H3;1H2,2-3H3;4H,1-3H3;1H2,2H3;4H,2-3H2,1H3;3H,1H2,2H3;1H,2H3;3-4H,1-2H3;3H,1,4H2,2H3;3H,2H2,1H3;3H,1H2,2H3/b;;;;;;;;;;;;;;;4-3+;;;. The molecule has 139 heavy (non-hydrogen) atoms. The van der Waals surface area contributed by atoms with E-state index >= 15 is 0 Å². The summed E-state index contributed by atoms with van der Waals surface area (Å²) in [7, 11) is 23.7. The molecule has 3 saturated carbocycles. The molecular formula is C101H163F4NO33. The number of cyclic esters (lactones) is 1. The summed E-state index contributed by atoms with van der Waals surface area (Å²) in [4.78, 5) is 105. The first-order valence-electron chi connectivity index (χ1n) is 44.6. The fraction of sp³-hybridized carbons (Fsp3) is 0.663. The Morgan fingerprint density at radius 1 is 0.626 bits per heavy atom. The van der Waals surface area contributed by atoms with Gasteiger partial charge in [0.25, 0.3) is 11.8 Å². The molecule has 34 nitrogen and oxygen atoms in total. The summed E-state index contributed by atoms with van der Waals surface area (Å²) in [5.74, 6) is -0.818. The third-order valence-electron chi connectivity index (χ3n) is 21.1. The van der Waals surface area contributed by atoms with Gasteiger partial charge >= 0.3 is 53.9 Å². The SMILES string of the molecule is C#CC(=O)OC.C/C=C/OC.C=C(C(=O)OC)C(F)(F)F.C=C(C)C(=O)OC.C=C(F)C(=O)OC.C=C1CC(C)OC1=O.C=CC(=O)OC.C=CCOC.C=COC.CC1CO1.CC1OC1(C)C.CCC1(COC)COC1.CN1C(=O)C=CC1=O.COC(=O)C1(C)CC2C=CC1C2.COC(=O)C1CC2C=CC1C2.COCC1(C)CO1.COCC1(C)COC1.COCC1CCC2OC2C1.COCC1CO1. The van der Waals surface area contributed by atoms with Gasteiger partial charge in [0.1, 0.15) is 23.4 Å². The van der Waals surface area contributed by atoms with E-state index in [9.17, 15) is 65.5 Å². The summed E-state index contributed by atoms with van der Waals surface area (Å²) >= 11 is 0. The Kier molecular flexibility index (Phi) is 76.5. The van der Waals surface area contributed by atoms with E-state index in [1.165, 1.54) is 93.1 Å². The minimum absolute atomic E-state index is 0.0261. The number of hydrogen-bond acceptors (Lipinski definition) is 33. The number of fused-ring (bicyclic) bond motifs is 5. The van der Waals surface area contributed by atoms with Crippen LogP contribution in [0.2, 0.25) is 0 Å². The van der Waals surface area contributed by atoms with Crippen LogP contribution in [0.3, 0.4) is 0 Å². The van der Waals surface area contributed by atoms with Crippen molar-refractivity contribution >= 4 is 59.6 Å². The van der Waals surface area contributed by atoms with Crippen LogP contribution >= 0.6 is 0 Å². The van der Waals surface area contributed by atoms with Crippen LogP contribution < -0.4 is 0 Å². The lowest BCUT2D eigenvalue weighted by Crippen LogP contribution is -2.45. The highest BCUT2D eigenvalue weighted by Gasteiger charge is 2.51. The number of hydrogen-bond donors (Lipinski definition) is 0. The minimum atomic E-state index is -4.69. The first-order valence-corrected chi connectivity index (χ1v) is 44.6. The number of imide groups is 1. The maximum absolute atomic E-state index is 11.5. The average Bonchev–Trinajstić information content (AvgIpc) is 1.61. The topological polar surface area (TPSA) is 403 Å². The number of carbonyl (C=O) groups excluding carboxylic acids is 10. The smallest absolute Gasteiger partial charge is 0.422 e. The summed E-state index contributed by atoms with van der Waals surface area (Å²) in [5, 5.41) is 0. The van der Waals surface area contributed by atoms with Crippen LogP contribution in [0.25, 0.3) is 0 Å². The molecule has 0 aromatic heterocycles. The predicted molar refractivity (Wildman–Crippen MR) is 515 cm³/mol. The molecule has 9 aliphatic heterocycles. The molecule has 798 valence electrons. The second-order valence-corrected chi connectivity index (χ2v) is 33.9. The van der Waals surface area contributed by atoms with Crippen LogP contribution in [0.15, 0.2) is 136 Å². The predicted octanol–water partition coefficient (Wildman–Crippen LogP) is 14.1. The summed E-state index contributed by atoms with van der Waals surface area (Å²) in [5.41, 5.74) is 0.293. The van der Waals surface area contributed by atoms with Crippen molar-refractivity contribution in [3.63, 3.8) is 0 Å². The molecule has 14 aliphatic rings. The van der Waals surface area contributed by atoms with E-state index in [2.05, 4.69) is 156 Å². The first kappa shape index (κ1) is 138. The van der Waals surface area contributed by atoms with Gasteiger partial charge in [0, 0.05) is 109 Å². The number of rotatable bonds is 21. The molecule has 14 atom stereocenters. The van der Waals surface area contributed by atoms with Crippen molar-refractivity contribution in [3.05, 3.63) is 136 Å². The van der Waals surface area contributed by atoms with Crippen molar-refractivity contribution in [2.75, 3.05) is 200 Å². The molecule has 0 aromatic rings. The van der Waals surface area contributed by atoms with Crippen molar-refractivity contribution in [2.45, 2.75) is 188 Å². The molecule has 14 unspecified atom stereocenters. The Morgan fingerprint density at radius 2 is 1.14 bits per heavy atom. The molecule has 11 fully saturated rings. The van der Waals surface area contributed by atoms with Crippen LogP contribution in [0.5, 0.6) is 0 Å². The molecule has 9 heterocycles. The van der Waals surface area contributed by atoms with Gasteiger partial charge in [0.15, 0.2) is 0 Å². The zero-order valence-electron chi connectivity index (χ0n) is 87.3. The fourth-order valence-electron chi connectivity index (χ4n) is 12.1. The fourth-order valence-corrected chi connectivity index (χ4v) is 12.1. The molecule has 0 radical (unpaired) electrons. The third kappa shape index (κ3) is 66.7. The number of halogens is 4. The normalized spacial score (nSPS) is 24.7. The number of alkyl halides is 3. The van der Waals surface area contributed by atoms with Crippen LogP contribution in [-0.4, -0.2) is 318 Å². The van der Waals surface area contributed by atoms with Gasteiger partial charge in [0.05, 0.1) is 197 Å². The van der Waals surface area contributed by atoms with Gasteiger partial charge in [-0.05, 0) is 143 Å². The lowest BCUT2D eigenvalue weighted by atomic mass is 9.78. The number of amides is 2. The number of allylic oxidation sites excluding steroid dienone is 5. The van der Waals surface area contributed by atoms with Gasteiger partial charge in [-0.15, -0.1) is 13.0 Å². The minimum Gasteiger partial charge on any atom is -0.505 e. The van der Waals surface area contributed by atoms with Crippen molar-refractivity contribution < 1.29 is 174 Å². The molecule has 0 N–H and O–H groups in total. The molecule has 0 aromatic carbocycles. The maximum Gasteiger partial charge on any atom is 0.422 e. The van der Waals surface area contributed by atoms with Crippen LogP contribution in [-0.2, 0) is 157 Å². The van der Waals surface area contributed by atoms with E-state index in [1.807, 2.05) is 33.8 Å². The quantitative estimate of drug-likeness (QED) is 0.00984. The Hall–Kier alpha value is -9.60. The highest BCUT2D eigenvalue weighted by atomic mass is 19.4. The van der Waals surface area contributed by atoms with E-state index in [1.54, 1.807) is 82.1 Å². The Morgan fingerprint density at radius 3 is 1.32 bits per heavy atom. The molecule has 5 aliphatic carbocycles. The monoisotopic (exact) mass is 1990 g/mol. The zero-order chi connectivity index (χ0) is 108. The summed E-state index contributed by atoms with van der Waals surface area (Å²) in [6.07, 6.45) is 31.6. The number of esters is 8. The molecule has 38 heteroatoms. The number of ether oxygens (including phenoxy) is 23. The van der Waals surface area contributed by atoms with E-state index in [0.717, 1.165) is 130 Å². The van der Waals surface area contributed by atoms with Crippen LogP contribution in [0.4, 0.5) is 17.6 Å². The van der Waals surface area contributed by atoms with Gasteiger partial charge in [-0.1, -0.05) is 89.8 Å². The largest absolute Gasteiger partial charge is 0.505 e. The molecule has 8 saturated heterocycles. The lowest BCUT2D eigenvalue weighted by molar-refractivity contribution is -0.153. The Labute approximate surface area is 822 Å². The highest BCUT2D eigenvalue weighted by molar-refractivity contribution is 6.12. The molecule has 0 spiro atoms.